The van der Waals surface area contributed by atoms with Gasteiger partial charge in [0.25, 0.3) is 5.88 Å². The van der Waals surface area contributed by atoms with Crippen LogP contribution in [0.25, 0.3) is 10.9 Å². The van der Waals surface area contributed by atoms with Gasteiger partial charge in [-0.1, -0.05) is 18.2 Å². The lowest BCUT2D eigenvalue weighted by Gasteiger charge is -1.93. The Labute approximate surface area is 95.6 Å². The van der Waals surface area contributed by atoms with E-state index in [1.807, 2.05) is 0 Å². The number of benzene rings is 1. The van der Waals surface area contributed by atoms with Gasteiger partial charge in [-0.3, -0.25) is 0 Å². The molecular weight excluding hydrogens is 228 g/mol. The van der Waals surface area contributed by atoms with Crippen LogP contribution in [0.1, 0.15) is 0 Å². The van der Waals surface area contributed by atoms with Gasteiger partial charge in [-0.15, -0.1) is 15.0 Å². The zero-order chi connectivity index (χ0) is 11.7. The van der Waals surface area contributed by atoms with E-state index in [-0.39, 0.29) is 10.8 Å². The van der Waals surface area contributed by atoms with Crippen LogP contribution in [0.2, 0.25) is 0 Å². The molecule has 4 N–H and O–H groups in total. The van der Waals surface area contributed by atoms with Gasteiger partial charge in [0.15, 0.2) is 5.69 Å². The summed E-state index contributed by atoms with van der Waals surface area (Å²) in [5, 5.41) is 26.7. The standard InChI is InChI=1S/C9H8N4O2S/c10-9(16)12-11-7-5-3-1-2-4-6(5)13(15)8(7)14/h1-4,14-15H,(H2,10,16). The average molecular weight is 236 g/mol. The van der Waals surface area contributed by atoms with Gasteiger partial charge >= 0.3 is 0 Å². The third-order valence-electron chi connectivity index (χ3n) is 2.05. The molecule has 6 nitrogen and oxygen atoms in total. The van der Waals surface area contributed by atoms with Crippen molar-refractivity contribution < 1.29 is 10.3 Å². The van der Waals surface area contributed by atoms with Crippen LogP contribution < -0.4 is 5.73 Å². The zero-order valence-electron chi connectivity index (χ0n) is 8.03. The maximum absolute atomic E-state index is 9.61. The third-order valence-corrected chi connectivity index (χ3v) is 2.13. The van der Waals surface area contributed by atoms with Crippen molar-refractivity contribution in [1.82, 2.24) is 4.73 Å². The highest BCUT2D eigenvalue weighted by molar-refractivity contribution is 7.80. The highest BCUT2D eigenvalue weighted by Crippen LogP contribution is 2.37. The summed E-state index contributed by atoms with van der Waals surface area (Å²) in [6.45, 7) is 0. The van der Waals surface area contributed by atoms with Crippen LogP contribution in [0.5, 0.6) is 5.88 Å². The average Bonchev–Trinajstić information content (AvgIpc) is 2.50. The number of aromatic nitrogens is 1. The minimum absolute atomic E-state index is 0.130. The molecule has 2 rings (SSSR count). The molecule has 0 aliphatic carbocycles. The van der Waals surface area contributed by atoms with Crippen LogP contribution >= 0.6 is 12.2 Å². The van der Waals surface area contributed by atoms with Crippen molar-refractivity contribution in [3.05, 3.63) is 24.3 Å². The number of nitrogens with two attached hydrogens (primary N) is 1. The van der Waals surface area contributed by atoms with Crippen molar-refractivity contribution in [2.24, 2.45) is 16.0 Å². The van der Waals surface area contributed by atoms with Crippen LogP contribution in [0.3, 0.4) is 0 Å². The molecule has 82 valence electrons. The Morgan fingerprint density at radius 2 is 2.06 bits per heavy atom. The molecule has 7 heteroatoms. The summed E-state index contributed by atoms with van der Waals surface area (Å²) in [6, 6.07) is 6.80. The molecule has 0 aliphatic rings. The molecule has 0 saturated carbocycles. The first-order valence-corrected chi connectivity index (χ1v) is 4.75. The van der Waals surface area contributed by atoms with E-state index < -0.39 is 5.88 Å². The predicted molar refractivity (Wildman–Crippen MR) is 62.1 cm³/mol. The van der Waals surface area contributed by atoms with Crippen LogP contribution in [-0.4, -0.2) is 20.2 Å². The Bertz CT molecular complexity index is 590. The summed E-state index contributed by atoms with van der Waals surface area (Å²) in [5.74, 6) is -0.402. The first-order valence-electron chi connectivity index (χ1n) is 4.34. The Morgan fingerprint density at radius 1 is 1.38 bits per heavy atom. The maximum atomic E-state index is 9.61. The molecule has 1 aromatic heterocycles. The molecule has 0 radical (unpaired) electrons. The van der Waals surface area contributed by atoms with Crippen molar-refractivity contribution in [3.8, 4) is 5.88 Å². The van der Waals surface area contributed by atoms with E-state index in [1.165, 1.54) is 0 Å². The first-order chi connectivity index (χ1) is 7.61. The van der Waals surface area contributed by atoms with Crippen molar-refractivity contribution in [3.63, 3.8) is 0 Å². The summed E-state index contributed by atoms with van der Waals surface area (Å²) >= 11 is 4.53. The minimum Gasteiger partial charge on any atom is -0.491 e. The van der Waals surface area contributed by atoms with E-state index in [0.29, 0.717) is 15.6 Å². The van der Waals surface area contributed by atoms with E-state index in [2.05, 4.69) is 22.4 Å². The van der Waals surface area contributed by atoms with Gasteiger partial charge in [0.2, 0.25) is 5.11 Å². The van der Waals surface area contributed by atoms with Crippen LogP contribution in [0, 0.1) is 0 Å². The molecule has 16 heavy (non-hydrogen) atoms. The van der Waals surface area contributed by atoms with Gasteiger partial charge in [-0.05, 0) is 18.3 Å². The van der Waals surface area contributed by atoms with Crippen molar-refractivity contribution in [1.29, 1.82) is 0 Å². The quantitative estimate of drug-likeness (QED) is 0.400. The number of hydrogen-bond acceptors (Lipinski definition) is 4. The fourth-order valence-electron chi connectivity index (χ4n) is 1.39. The smallest absolute Gasteiger partial charge is 0.254 e. The number of nitrogens with zero attached hydrogens (tertiary/aromatic N) is 3. The molecule has 0 amide bonds. The number of thiocarbonyl (C=S) groups is 1. The molecule has 0 spiro atoms. The first kappa shape index (κ1) is 10.4. The van der Waals surface area contributed by atoms with Gasteiger partial charge in [-0.2, -0.15) is 0 Å². The normalized spacial score (nSPS) is 11.2. The second kappa shape index (κ2) is 3.78. The monoisotopic (exact) mass is 236 g/mol. The fraction of sp³-hybridized carbons (Fsp3) is 0. The Balaban J connectivity index is 2.69. The molecular formula is C9H8N4O2S. The number of hydrogen-bond donors (Lipinski definition) is 3. The molecule has 1 heterocycles. The van der Waals surface area contributed by atoms with Crippen LogP contribution in [0.4, 0.5) is 5.69 Å². The van der Waals surface area contributed by atoms with Gasteiger partial charge in [0, 0.05) is 5.39 Å². The Hall–Kier alpha value is -2.15. The van der Waals surface area contributed by atoms with E-state index >= 15 is 0 Å². The van der Waals surface area contributed by atoms with Gasteiger partial charge in [0.05, 0.1) is 5.52 Å². The predicted octanol–water partition coefficient (Wildman–Crippen LogP) is 1.91. The molecule has 1 aromatic carbocycles. The third kappa shape index (κ3) is 1.57. The summed E-state index contributed by atoms with van der Waals surface area (Å²) in [5.41, 5.74) is 5.72. The largest absolute Gasteiger partial charge is 0.491 e. The van der Waals surface area contributed by atoms with Gasteiger partial charge in [0.1, 0.15) is 0 Å². The number of aromatic hydroxyl groups is 1. The number of azo groups is 1. The topological polar surface area (TPSA) is 96.1 Å². The van der Waals surface area contributed by atoms with E-state index in [9.17, 15) is 10.3 Å². The summed E-state index contributed by atoms with van der Waals surface area (Å²) < 4.78 is 0.628. The minimum atomic E-state index is -0.402. The number of fused-ring (bicyclic) bond motifs is 1. The highest BCUT2D eigenvalue weighted by atomic mass is 32.1. The summed E-state index contributed by atoms with van der Waals surface area (Å²) in [4.78, 5) is 0. The summed E-state index contributed by atoms with van der Waals surface area (Å²) in [6.07, 6.45) is 0. The molecule has 0 unspecified atom stereocenters. The lowest BCUT2D eigenvalue weighted by atomic mass is 10.2. The highest BCUT2D eigenvalue weighted by Gasteiger charge is 2.15. The zero-order valence-corrected chi connectivity index (χ0v) is 8.85. The molecule has 0 saturated heterocycles. The number of para-hydroxylation sites is 1. The maximum Gasteiger partial charge on any atom is 0.254 e. The molecule has 2 aromatic rings. The lowest BCUT2D eigenvalue weighted by Crippen LogP contribution is -2.01. The van der Waals surface area contributed by atoms with E-state index in [1.54, 1.807) is 24.3 Å². The molecule has 0 aliphatic heterocycles. The van der Waals surface area contributed by atoms with Crippen molar-refractivity contribution in [2.45, 2.75) is 0 Å². The number of rotatable bonds is 1. The molecule has 0 bridgehead atoms. The lowest BCUT2D eigenvalue weighted by molar-refractivity contribution is 0.168. The van der Waals surface area contributed by atoms with Gasteiger partial charge < -0.3 is 16.0 Å². The summed E-state index contributed by atoms with van der Waals surface area (Å²) in [7, 11) is 0. The molecule has 0 atom stereocenters. The molecule has 0 fully saturated rings. The van der Waals surface area contributed by atoms with E-state index in [0.717, 1.165) is 0 Å². The van der Waals surface area contributed by atoms with Gasteiger partial charge in [-0.25, -0.2) is 0 Å². The second-order valence-electron chi connectivity index (χ2n) is 3.04. The van der Waals surface area contributed by atoms with Crippen molar-refractivity contribution >= 4 is 33.9 Å². The fourth-order valence-corrected chi connectivity index (χ4v) is 1.43. The second-order valence-corrected chi connectivity index (χ2v) is 3.46. The van der Waals surface area contributed by atoms with Crippen molar-refractivity contribution in [2.75, 3.05) is 0 Å². The van der Waals surface area contributed by atoms with Crippen LogP contribution in [0.15, 0.2) is 34.5 Å². The Kier molecular flexibility index (Phi) is 2.45. The Morgan fingerprint density at radius 3 is 2.75 bits per heavy atom. The SMILES string of the molecule is NC(=S)N=Nc1c(O)n(O)c2ccccc12. The van der Waals surface area contributed by atoms with E-state index in [4.69, 9.17) is 5.73 Å². The van der Waals surface area contributed by atoms with Crippen LogP contribution in [-0.2, 0) is 0 Å².